The fourth-order valence-corrected chi connectivity index (χ4v) is 4.17. The van der Waals surface area contributed by atoms with Crippen molar-refractivity contribution in [2.45, 2.75) is 24.6 Å². The van der Waals surface area contributed by atoms with E-state index >= 15 is 0 Å². The Morgan fingerprint density at radius 1 is 1.40 bits per heavy atom. The van der Waals surface area contributed by atoms with E-state index in [-0.39, 0.29) is 5.91 Å². The summed E-state index contributed by atoms with van der Waals surface area (Å²) in [5, 5.41) is 0. The Bertz CT molecular complexity index is 467. The van der Waals surface area contributed by atoms with E-state index in [9.17, 15) is 4.79 Å². The molecule has 3 atom stereocenters. The highest BCUT2D eigenvalue weighted by Crippen LogP contribution is 2.37. The van der Waals surface area contributed by atoms with Crippen LogP contribution in [0.3, 0.4) is 0 Å². The third-order valence-corrected chi connectivity index (χ3v) is 5.42. The van der Waals surface area contributed by atoms with Crippen molar-refractivity contribution in [3.8, 4) is 0 Å². The molecule has 5 heteroatoms. The fraction of sp³-hybridized carbons (Fsp3) is 0.600. The molecular formula is C15H21N3OS. The Hall–Kier alpha value is -1.07. The minimum atomic E-state index is 0.257. The second-order valence-corrected chi connectivity index (χ2v) is 6.76. The Balaban J connectivity index is 1.44. The van der Waals surface area contributed by atoms with Gasteiger partial charge in [-0.15, -0.1) is 11.8 Å². The number of pyridine rings is 1. The third-order valence-electron chi connectivity index (χ3n) is 4.47. The van der Waals surface area contributed by atoms with Crippen LogP contribution in [0.2, 0.25) is 0 Å². The second kappa shape index (κ2) is 6.14. The molecule has 1 aliphatic heterocycles. The average Bonchev–Trinajstić information content (AvgIpc) is 3.03. The molecule has 1 amide bonds. The van der Waals surface area contributed by atoms with Gasteiger partial charge in [-0.3, -0.25) is 9.78 Å². The minimum Gasteiger partial charge on any atom is -0.341 e. The SMILES string of the molecule is NC1CCC2CN(C(=O)CSCc3ccccn3)CC12. The molecule has 1 aromatic heterocycles. The van der Waals surface area contributed by atoms with Crippen molar-refractivity contribution in [1.29, 1.82) is 0 Å². The summed E-state index contributed by atoms with van der Waals surface area (Å²) in [4.78, 5) is 18.5. The third kappa shape index (κ3) is 2.99. The molecule has 4 nitrogen and oxygen atoms in total. The number of aromatic nitrogens is 1. The molecule has 20 heavy (non-hydrogen) atoms. The maximum absolute atomic E-state index is 12.2. The number of carbonyl (C=O) groups is 1. The van der Waals surface area contributed by atoms with Gasteiger partial charge in [0.2, 0.25) is 5.91 Å². The van der Waals surface area contributed by atoms with Crippen LogP contribution in [0.4, 0.5) is 0 Å². The van der Waals surface area contributed by atoms with Crippen LogP contribution in [0.15, 0.2) is 24.4 Å². The smallest absolute Gasteiger partial charge is 0.232 e. The van der Waals surface area contributed by atoms with Crippen LogP contribution in [0.25, 0.3) is 0 Å². The molecule has 2 N–H and O–H groups in total. The number of nitrogens with zero attached hydrogens (tertiary/aromatic N) is 2. The first-order valence-corrected chi connectivity index (χ1v) is 8.40. The van der Waals surface area contributed by atoms with Gasteiger partial charge in [0.15, 0.2) is 0 Å². The molecule has 2 fully saturated rings. The molecule has 1 saturated heterocycles. The summed E-state index contributed by atoms with van der Waals surface area (Å²) in [6.07, 6.45) is 4.11. The van der Waals surface area contributed by atoms with E-state index in [2.05, 4.69) is 4.98 Å². The number of amides is 1. The van der Waals surface area contributed by atoms with Crippen molar-refractivity contribution in [2.24, 2.45) is 17.6 Å². The highest BCUT2D eigenvalue weighted by molar-refractivity contribution is 7.99. The van der Waals surface area contributed by atoms with Gasteiger partial charge in [0.05, 0.1) is 11.4 Å². The van der Waals surface area contributed by atoms with Gasteiger partial charge in [-0.1, -0.05) is 6.07 Å². The number of hydrogen-bond acceptors (Lipinski definition) is 4. The summed E-state index contributed by atoms with van der Waals surface area (Å²) < 4.78 is 0. The molecule has 0 spiro atoms. The minimum absolute atomic E-state index is 0.257. The van der Waals surface area contributed by atoms with Crippen molar-refractivity contribution in [2.75, 3.05) is 18.8 Å². The van der Waals surface area contributed by atoms with Crippen LogP contribution in [-0.4, -0.2) is 40.7 Å². The van der Waals surface area contributed by atoms with E-state index in [1.165, 1.54) is 6.42 Å². The standard InChI is InChI=1S/C15H21N3OS/c16-14-5-4-11-7-18(8-13(11)14)15(19)10-20-9-12-3-1-2-6-17-12/h1-3,6,11,13-14H,4-5,7-10,16H2. The lowest BCUT2D eigenvalue weighted by molar-refractivity contribution is -0.127. The maximum atomic E-state index is 12.2. The zero-order valence-corrected chi connectivity index (χ0v) is 12.4. The quantitative estimate of drug-likeness (QED) is 0.913. The normalized spacial score (nSPS) is 28.6. The predicted octanol–water partition coefficient (Wildman–Crippen LogP) is 1.51. The molecule has 0 bridgehead atoms. The van der Waals surface area contributed by atoms with Crippen LogP contribution in [0.1, 0.15) is 18.5 Å². The van der Waals surface area contributed by atoms with E-state index in [4.69, 9.17) is 5.73 Å². The Labute approximate surface area is 124 Å². The molecule has 0 radical (unpaired) electrons. The van der Waals surface area contributed by atoms with Crippen molar-refractivity contribution >= 4 is 17.7 Å². The van der Waals surface area contributed by atoms with Gasteiger partial charge in [0.25, 0.3) is 0 Å². The number of likely N-dealkylation sites (tertiary alicyclic amines) is 1. The van der Waals surface area contributed by atoms with Crippen molar-refractivity contribution in [1.82, 2.24) is 9.88 Å². The van der Waals surface area contributed by atoms with Crippen LogP contribution < -0.4 is 5.73 Å². The van der Waals surface area contributed by atoms with E-state index in [1.807, 2.05) is 23.1 Å². The Morgan fingerprint density at radius 2 is 2.30 bits per heavy atom. The summed E-state index contributed by atoms with van der Waals surface area (Å²) in [6, 6.07) is 6.19. The monoisotopic (exact) mass is 291 g/mol. The molecule has 1 aliphatic carbocycles. The number of carbonyl (C=O) groups excluding carboxylic acids is 1. The summed E-state index contributed by atoms with van der Waals surface area (Å²) in [6.45, 7) is 1.79. The highest BCUT2D eigenvalue weighted by atomic mass is 32.2. The lowest BCUT2D eigenvalue weighted by Crippen LogP contribution is -2.34. The number of nitrogens with two attached hydrogens (primary N) is 1. The van der Waals surface area contributed by atoms with Crippen molar-refractivity contribution in [3.63, 3.8) is 0 Å². The Kier molecular flexibility index (Phi) is 4.27. The first kappa shape index (κ1) is 13.9. The van der Waals surface area contributed by atoms with Crippen LogP contribution in [0, 0.1) is 11.8 Å². The number of rotatable bonds is 4. The first-order valence-electron chi connectivity index (χ1n) is 7.25. The van der Waals surface area contributed by atoms with Crippen molar-refractivity contribution in [3.05, 3.63) is 30.1 Å². The molecule has 2 heterocycles. The first-order chi connectivity index (χ1) is 9.74. The van der Waals surface area contributed by atoms with Crippen LogP contribution in [-0.2, 0) is 10.5 Å². The van der Waals surface area contributed by atoms with Crippen LogP contribution >= 0.6 is 11.8 Å². The van der Waals surface area contributed by atoms with Gasteiger partial charge in [-0.05, 0) is 36.8 Å². The topological polar surface area (TPSA) is 59.2 Å². The van der Waals surface area contributed by atoms with Crippen LogP contribution in [0.5, 0.6) is 0 Å². The van der Waals surface area contributed by atoms with Gasteiger partial charge >= 0.3 is 0 Å². The molecule has 108 valence electrons. The average molecular weight is 291 g/mol. The number of thioether (sulfide) groups is 1. The zero-order valence-electron chi connectivity index (χ0n) is 11.6. The molecule has 0 aromatic carbocycles. The molecule has 2 aliphatic rings. The van der Waals surface area contributed by atoms with E-state index in [1.54, 1.807) is 18.0 Å². The molecular weight excluding hydrogens is 270 g/mol. The summed E-state index contributed by atoms with van der Waals surface area (Å²) in [7, 11) is 0. The largest absolute Gasteiger partial charge is 0.341 e. The summed E-state index contributed by atoms with van der Waals surface area (Å²) in [5.41, 5.74) is 7.14. The zero-order chi connectivity index (χ0) is 13.9. The van der Waals surface area contributed by atoms with Gasteiger partial charge in [0, 0.05) is 31.1 Å². The molecule has 3 rings (SSSR count). The second-order valence-electron chi connectivity index (χ2n) is 5.78. The highest BCUT2D eigenvalue weighted by Gasteiger charge is 2.42. The molecule has 3 unspecified atom stereocenters. The molecule has 1 saturated carbocycles. The fourth-order valence-electron chi connectivity index (χ4n) is 3.33. The summed E-state index contributed by atoms with van der Waals surface area (Å²) in [5.74, 6) is 2.79. The lowest BCUT2D eigenvalue weighted by Gasteiger charge is -2.18. The molecule has 1 aromatic rings. The Morgan fingerprint density at radius 3 is 3.05 bits per heavy atom. The van der Waals surface area contributed by atoms with E-state index in [0.717, 1.165) is 31.0 Å². The van der Waals surface area contributed by atoms with E-state index < -0.39 is 0 Å². The van der Waals surface area contributed by atoms with E-state index in [0.29, 0.717) is 23.6 Å². The van der Waals surface area contributed by atoms with Gasteiger partial charge < -0.3 is 10.6 Å². The predicted molar refractivity (Wildman–Crippen MR) is 81.2 cm³/mol. The van der Waals surface area contributed by atoms with Gasteiger partial charge in [0.1, 0.15) is 0 Å². The van der Waals surface area contributed by atoms with Gasteiger partial charge in [-0.25, -0.2) is 0 Å². The summed E-state index contributed by atoms with van der Waals surface area (Å²) >= 11 is 1.65. The lowest BCUT2D eigenvalue weighted by atomic mass is 9.98. The maximum Gasteiger partial charge on any atom is 0.232 e. The van der Waals surface area contributed by atoms with Crippen molar-refractivity contribution < 1.29 is 4.79 Å². The number of fused-ring (bicyclic) bond motifs is 1. The van der Waals surface area contributed by atoms with Gasteiger partial charge in [-0.2, -0.15) is 0 Å². The number of hydrogen-bond donors (Lipinski definition) is 1.